The van der Waals surface area contributed by atoms with E-state index >= 15 is 0 Å². The largest absolute Gasteiger partial charge is 0.378 e. The number of morpholine rings is 1. The number of thioether (sulfide) groups is 1. The fourth-order valence-corrected chi connectivity index (χ4v) is 5.00. The van der Waals surface area contributed by atoms with Gasteiger partial charge in [-0.2, -0.15) is 5.11 Å². The third-order valence-electron chi connectivity index (χ3n) is 5.59. The molecule has 0 aromatic rings. The van der Waals surface area contributed by atoms with Crippen molar-refractivity contribution in [3.63, 3.8) is 0 Å². The van der Waals surface area contributed by atoms with E-state index in [4.69, 9.17) is 9.47 Å². The van der Waals surface area contributed by atoms with Crippen molar-refractivity contribution in [3.05, 3.63) is 10.5 Å². The molecule has 0 saturated carbocycles. The molecule has 142 valence electrons. The lowest BCUT2D eigenvalue weighted by Gasteiger charge is -2.36. The normalized spacial score (nSPS) is 34.2. The number of amides is 2. The van der Waals surface area contributed by atoms with Crippen molar-refractivity contribution in [2.24, 2.45) is 16.3 Å². The van der Waals surface area contributed by atoms with E-state index in [0.717, 1.165) is 23.3 Å². The topological polar surface area (TPSA) is 83.8 Å². The van der Waals surface area contributed by atoms with Gasteiger partial charge in [0, 0.05) is 18.0 Å². The van der Waals surface area contributed by atoms with Crippen molar-refractivity contribution in [2.45, 2.75) is 37.7 Å². The van der Waals surface area contributed by atoms with Gasteiger partial charge in [0.25, 0.3) is 5.91 Å². The maximum absolute atomic E-state index is 13.1. The average Bonchev–Trinajstić information content (AvgIpc) is 3.03. The average molecular weight is 380 g/mol. The second-order valence-electron chi connectivity index (χ2n) is 7.30. The molecule has 4 aliphatic rings. The summed E-state index contributed by atoms with van der Waals surface area (Å²) in [6.07, 6.45) is 1.63. The van der Waals surface area contributed by atoms with E-state index in [-0.39, 0.29) is 35.3 Å². The van der Waals surface area contributed by atoms with Crippen molar-refractivity contribution in [1.29, 1.82) is 0 Å². The van der Waals surface area contributed by atoms with Gasteiger partial charge >= 0.3 is 0 Å². The molecule has 3 atom stereocenters. The van der Waals surface area contributed by atoms with Crippen LogP contribution < -0.4 is 0 Å². The van der Waals surface area contributed by atoms with Gasteiger partial charge in [-0.15, -0.1) is 0 Å². The van der Waals surface area contributed by atoms with Crippen molar-refractivity contribution < 1.29 is 19.1 Å². The SMILES string of the molecule is CC[C@]1(C)CC2=C(CO1)S[C@H]1N=NN(CC(=O)N3CCOCC3)C(=O)[C@@H]21. The number of carbonyl (C=O) groups is 2. The van der Waals surface area contributed by atoms with E-state index in [0.29, 0.717) is 32.9 Å². The molecule has 0 bridgehead atoms. The fraction of sp³-hybridized carbons (Fsp3) is 0.765. The molecule has 26 heavy (non-hydrogen) atoms. The van der Waals surface area contributed by atoms with Gasteiger partial charge in [0.1, 0.15) is 11.9 Å². The lowest BCUT2D eigenvalue weighted by Crippen LogP contribution is -2.48. The van der Waals surface area contributed by atoms with Gasteiger partial charge in [0.15, 0.2) is 0 Å². The Morgan fingerprint density at radius 3 is 2.88 bits per heavy atom. The Labute approximate surface area is 156 Å². The van der Waals surface area contributed by atoms with Crippen molar-refractivity contribution in [2.75, 3.05) is 39.5 Å². The van der Waals surface area contributed by atoms with Gasteiger partial charge in [-0.3, -0.25) is 9.59 Å². The van der Waals surface area contributed by atoms with E-state index in [1.54, 1.807) is 16.7 Å². The molecule has 0 N–H and O–H groups in total. The predicted octanol–water partition coefficient (Wildman–Crippen LogP) is 1.59. The third-order valence-corrected chi connectivity index (χ3v) is 6.86. The first-order valence-corrected chi connectivity index (χ1v) is 9.99. The molecule has 4 heterocycles. The Balaban J connectivity index is 1.48. The van der Waals surface area contributed by atoms with Gasteiger partial charge in [-0.25, -0.2) is 5.01 Å². The quantitative estimate of drug-likeness (QED) is 0.742. The molecule has 1 fully saturated rings. The molecule has 1 saturated heterocycles. The second-order valence-corrected chi connectivity index (χ2v) is 8.51. The van der Waals surface area contributed by atoms with E-state index in [1.165, 1.54) is 5.01 Å². The monoisotopic (exact) mass is 380 g/mol. The summed E-state index contributed by atoms with van der Waals surface area (Å²) < 4.78 is 11.3. The summed E-state index contributed by atoms with van der Waals surface area (Å²) in [7, 11) is 0. The highest BCUT2D eigenvalue weighted by Crippen LogP contribution is 2.51. The zero-order valence-electron chi connectivity index (χ0n) is 15.1. The minimum absolute atomic E-state index is 0.0552. The second kappa shape index (κ2) is 6.94. The summed E-state index contributed by atoms with van der Waals surface area (Å²) in [5, 5.41) is 9.39. The number of fused-ring (bicyclic) bond motifs is 2. The highest BCUT2D eigenvalue weighted by molar-refractivity contribution is 8.04. The Morgan fingerprint density at radius 1 is 1.38 bits per heavy atom. The molecule has 4 aliphatic heterocycles. The van der Waals surface area contributed by atoms with Crippen LogP contribution in [0, 0.1) is 5.92 Å². The zero-order valence-corrected chi connectivity index (χ0v) is 16.0. The number of rotatable bonds is 3. The smallest absolute Gasteiger partial charge is 0.254 e. The van der Waals surface area contributed by atoms with E-state index in [9.17, 15) is 9.59 Å². The molecule has 0 aliphatic carbocycles. The minimum Gasteiger partial charge on any atom is -0.378 e. The van der Waals surface area contributed by atoms with Crippen LogP contribution in [0.2, 0.25) is 0 Å². The van der Waals surface area contributed by atoms with Crippen LogP contribution in [-0.4, -0.2) is 72.2 Å². The lowest BCUT2D eigenvalue weighted by atomic mass is 9.84. The molecule has 0 spiro atoms. The first-order valence-electron chi connectivity index (χ1n) is 9.11. The van der Waals surface area contributed by atoms with Crippen LogP contribution in [0.3, 0.4) is 0 Å². The van der Waals surface area contributed by atoms with Gasteiger partial charge in [-0.05, 0) is 25.3 Å². The molecule has 0 unspecified atom stereocenters. The summed E-state index contributed by atoms with van der Waals surface area (Å²) in [4.78, 5) is 28.4. The summed E-state index contributed by atoms with van der Waals surface area (Å²) in [5.74, 6) is -0.548. The van der Waals surface area contributed by atoms with Crippen molar-refractivity contribution in [3.8, 4) is 0 Å². The van der Waals surface area contributed by atoms with E-state index < -0.39 is 0 Å². The van der Waals surface area contributed by atoms with E-state index in [2.05, 4.69) is 24.2 Å². The maximum atomic E-state index is 13.1. The zero-order chi connectivity index (χ0) is 18.3. The van der Waals surface area contributed by atoms with Crippen LogP contribution in [0.1, 0.15) is 26.7 Å². The van der Waals surface area contributed by atoms with Crippen LogP contribution in [0.5, 0.6) is 0 Å². The lowest BCUT2D eigenvalue weighted by molar-refractivity contribution is -0.146. The highest BCUT2D eigenvalue weighted by atomic mass is 32.2. The van der Waals surface area contributed by atoms with Gasteiger partial charge in [0.05, 0.1) is 31.3 Å². The van der Waals surface area contributed by atoms with E-state index in [1.807, 2.05) is 0 Å². The van der Waals surface area contributed by atoms with Crippen LogP contribution in [0.15, 0.2) is 20.8 Å². The van der Waals surface area contributed by atoms with Gasteiger partial charge < -0.3 is 14.4 Å². The Hall–Kier alpha value is -1.45. The first-order chi connectivity index (χ1) is 12.5. The van der Waals surface area contributed by atoms with Crippen LogP contribution in [-0.2, 0) is 19.1 Å². The fourth-order valence-electron chi connectivity index (χ4n) is 3.72. The van der Waals surface area contributed by atoms with Gasteiger partial charge in [0.2, 0.25) is 5.91 Å². The Morgan fingerprint density at radius 2 is 2.15 bits per heavy atom. The molecular weight excluding hydrogens is 356 g/mol. The highest BCUT2D eigenvalue weighted by Gasteiger charge is 2.49. The number of hydrogen-bond donors (Lipinski definition) is 0. The summed E-state index contributed by atoms with van der Waals surface area (Å²) in [6, 6.07) is 0. The predicted molar refractivity (Wildman–Crippen MR) is 95.1 cm³/mol. The molecule has 9 heteroatoms. The molecule has 4 rings (SSSR count). The number of ether oxygens (including phenoxy) is 2. The van der Waals surface area contributed by atoms with Gasteiger partial charge in [-0.1, -0.05) is 23.9 Å². The molecule has 0 radical (unpaired) electrons. The minimum atomic E-state index is -0.320. The van der Waals surface area contributed by atoms with Crippen molar-refractivity contribution in [1.82, 2.24) is 9.91 Å². The maximum Gasteiger partial charge on any atom is 0.254 e. The summed E-state index contributed by atoms with van der Waals surface area (Å²) >= 11 is 1.58. The van der Waals surface area contributed by atoms with Crippen LogP contribution >= 0.6 is 11.8 Å². The first kappa shape index (κ1) is 17.9. The standard InChI is InChI=1S/C17H24N4O4S/c1-3-17(2)8-11-12(10-25-17)26-15-14(11)16(23)21(19-18-15)9-13(22)20-4-6-24-7-5-20/h14-15H,3-10H2,1-2H3/t14-,15+,17+/m0/s1. The third kappa shape index (κ3) is 3.16. The molecular formula is C17H24N4O4S. The number of nitrogens with zero attached hydrogens (tertiary/aromatic N) is 4. The molecule has 2 amide bonds. The number of carbonyl (C=O) groups excluding carboxylic acids is 2. The molecule has 0 aromatic carbocycles. The Bertz CT molecular complexity index is 676. The van der Waals surface area contributed by atoms with Crippen LogP contribution in [0.4, 0.5) is 0 Å². The Kier molecular flexibility index (Phi) is 4.79. The number of hydrogen-bond acceptors (Lipinski definition) is 7. The summed E-state index contributed by atoms with van der Waals surface area (Å²) in [6.45, 7) is 6.85. The summed E-state index contributed by atoms with van der Waals surface area (Å²) in [5.41, 5.74) is 0.889. The molecule has 8 nitrogen and oxygen atoms in total. The van der Waals surface area contributed by atoms with Crippen LogP contribution in [0.25, 0.3) is 0 Å². The molecule has 0 aromatic heterocycles. The van der Waals surface area contributed by atoms with Crippen molar-refractivity contribution >= 4 is 23.6 Å².